The minimum atomic E-state index is -0.646. The van der Waals surface area contributed by atoms with Crippen LogP contribution in [0.2, 0.25) is 0 Å². The average Bonchev–Trinajstić information content (AvgIpc) is 2.88. The van der Waals surface area contributed by atoms with E-state index in [1.165, 1.54) is 5.01 Å². The van der Waals surface area contributed by atoms with Crippen molar-refractivity contribution in [3.8, 4) is 0 Å². The molecule has 4 N–H and O–H groups in total. The van der Waals surface area contributed by atoms with Crippen LogP contribution < -0.4 is 11.2 Å². The number of aromatic nitrogens is 4. The zero-order valence-electron chi connectivity index (χ0n) is 8.79. The Bertz CT molecular complexity index is 408. The number of hydrogen-bond donors (Lipinski definition) is 3. The van der Waals surface area contributed by atoms with Crippen LogP contribution in [0.15, 0.2) is 0 Å². The molecule has 0 spiro atoms. The van der Waals surface area contributed by atoms with Crippen molar-refractivity contribution in [2.45, 2.75) is 18.2 Å². The smallest absolute Gasteiger partial charge is 0.285 e. The van der Waals surface area contributed by atoms with E-state index in [1.54, 1.807) is 0 Å². The maximum Gasteiger partial charge on any atom is 0.287 e. The Kier molecular flexibility index (Phi) is 3.66. The minimum Gasteiger partial charge on any atom is -0.285 e. The molecule has 1 aromatic heterocycles. The van der Waals surface area contributed by atoms with E-state index >= 15 is 0 Å². The molecule has 1 atom stereocenters. The van der Waals surface area contributed by atoms with Gasteiger partial charge in [-0.2, -0.15) is 5.21 Å². The Hall–Kier alpha value is -1.52. The molecule has 2 heterocycles. The molecule has 0 aromatic carbocycles. The van der Waals surface area contributed by atoms with Gasteiger partial charge >= 0.3 is 0 Å². The lowest BCUT2D eigenvalue weighted by atomic mass is 10.3. The number of carbonyl (C=O) groups is 2. The number of aromatic amines is 1. The third-order valence-corrected chi connectivity index (χ3v) is 3.20. The number of thioether (sulfide) groups is 1. The number of amides is 2. The molecule has 2 rings (SSSR count). The van der Waals surface area contributed by atoms with Gasteiger partial charge < -0.3 is 0 Å². The topological polar surface area (TPSA) is 130 Å². The third kappa shape index (κ3) is 2.99. The van der Waals surface area contributed by atoms with Crippen LogP contribution in [0.1, 0.15) is 12.2 Å². The number of imide groups is 1. The Labute approximate surface area is 100 Å². The first-order valence-electron chi connectivity index (χ1n) is 4.92. The highest BCUT2D eigenvalue weighted by atomic mass is 32.2. The normalized spacial score (nSPS) is 20.0. The van der Waals surface area contributed by atoms with Crippen LogP contribution in [0, 0.1) is 0 Å². The van der Waals surface area contributed by atoms with Gasteiger partial charge in [0, 0.05) is 13.0 Å². The van der Waals surface area contributed by atoms with E-state index in [0.29, 0.717) is 25.2 Å². The predicted molar refractivity (Wildman–Crippen MR) is 58.3 cm³/mol. The molecule has 0 radical (unpaired) electrons. The summed E-state index contributed by atoms with van der Waals surface area (Å²) in [5, 5.41) is 15.9. The van der Waals surface area contributed by atoms with Crippen molar-refractivity contribution < 1.29 is 9.59 Å². The molecular weight excluding hydrogens is 246 g/mol. The first kappa shape index (κ1) is 12.0. The van der Waals surface area contributed by atoms with Crippen LogP contribution >= 0.6 is 11.8 Å². The lowest BCUT2D eigenvalue weighted by molar-refractivity contribution is -0.121. The number of nitrogens with one attached hydrogen (secondary N) is 2. The molecule has 1 aliphatic heterocycles. The number of aryl methyl sites for hydroxylation is 1. The lowest BCUT2D eigenvalue weighted by Crippen LogP contribution is -2.44. The van der Waals surface area contributed by atoms with E-state index in [4.69, 9.17) is 5.84 Å². The summed E-state index contributed by atoms with van der Waals surface area (Å²) in [4.78, 5) is 22.2. The first-order chi connectivity index (χ1) is 8.16. The molecule has 1 saturated heterocycles. The van der Waals surface area contributed by atoms with E-state index in [2.05, 4.69) is 25.9 Å². The van der Waals surface area contributed by atoms with Crippen molar-refractivity contribution in [3.05, 3.63) is 5.82 Å². The van der Waals surface area contributed by atoms with Crippen LogP contribution in [0.4, 0.5) is 4.79 Å². The van der Waals surface area contributed by atoms with E-state index in [9.17, 15) is 9.59 Å². The maximum absolute atomic E-state index is 11.3. The fourth-order valence-electron chi connectivity index (χ4n) is 1.39. The summed E-state index contributed by atoms with van der Waals surface area (Å²) in [6, 6.07) is 0. The van der Waals surface area contributed by atoms with Gasteiger partial charge in [-0.25, -0.2) is 5.01 Å². The summed E-state index contributed by atoms with van der Waals surface area (Å²) in [6.45, 7) is 0.465. The third-order valence-electron chi connectivity index (χ3n) is 2.18. The van der Waals surface area contributed by atoms with Crippen molar-refractivity contribution in [1.29, 1.82) is 0 Å². The second kappa shape index (κ2) is 5.21. The van der Waals surface area contributed by atoms with Gasteiger partial charge in [0.25, 0.3) is 11.1 Å². The quantitative estimate of drug-likeness (QED) is 0.434. The van der Waals surface area contributed by atoms with Gasteiger partial charge in [0.2, 0.25) is 0 Å². The number of nitrogens with zero attached hydrogens (tertiary/aromatic N) is 4. The van der Waals surface area contributed by atoms with Gasteiger partial charge in [0.15, 0.2) is 11.2 Å². The molecule has 1 aromatic rings. The second-order valence-corrected chi connectivity index (χ2v) is 4.47. The number of H-pyrrole nitrogens is 1. The predicted octanol–water partition coefficient (Wildman–Crippen LogP) is -1.38. The van der Waals surface area contributed by atoms with Gasteiger partial charge in [-0.05, 0) is 18.2 Å². The van der Waals surface area contributed by atoms with Crippen LogP contribution in [-0.4, -0.2) is 48.7 Å². The van der Waals surface area contributed by atoms with E-state index in [0.717, 1.165) is 11.8 Å². The molecule has 1 fully saturated rings. The molecule has 0 saturated carbocycles. The zero-order chi connectivity index (χ0) is 12.3. The molecule has 17 heavy (non-hydrogen) atoms. The van der Waals surface area contributed by atoms with Gasteiger partial charge in [-0.3, -0.25) is 20.7 Å². The summed E-state index contributed by atoms with van der Waals surface area (Å²) in [5.74, 6) is 5.93. The van der Waals surface area contributed by atoms with E-state index in [1.807, 2.05) is 0 Å². The summed E-state index contributed by atoms with van der Waals surface area (Å²) in [6.07, 6.45) is 1.28. The lowest BCUT2D eigenvalue weighted by Gasteiger charge is -2.19. The Morgan fingerprint density at radius 2 is 2.29 bits per heavy atom. The fraction of sp³-hybridized carbons (Fsp3) is 0.571. The van der Waals surface area contributed by atoms with Gasteiger partial charge in [-0.1, -0.05) is 5.21 Å². The standard InChI is InChI=1S/C7H11N7O2S/c8-14(6-5(15)9-7(16)17-6)3-1-2-4-10-12-13-11-4/h6H,1-3,8H2,(H,9,15,16)(H,10,11,12,13). The van der Waals surface area contributed by atoms with Crippen molar-refractivity contribution in [2.75, 3.05) is 6.54 Å². The highest BCUT2D eigenvalue weighted by Crippen LogP contribution is 2.20. The van der Waals surface area contributed by atoms with Crippen molar-refractivity contribution in [1.82, 2.24) is 30.9 Å². The Morgan fingerprint density at radius 1 is 1.47 bits per heavy atom. The number of tetrazole rings is 1. The number of carbonyl (C=O) groups excluding carboxylic acids is 2. The summed E-state index contributed by atoms with van der Waals surface area (Å²) >= 11 is 0.881. The van der Waals surface area contributed by atoms with Crippen LogP contribution in [0.3, 0.4) is 0 Å². The first-order valence-corrected chi connectivity index (χ1v) is 5.80. The molecule has 2 amide bonds. The molecule has 1 unspecified atom stereocenters. The Morgan fingerprint density at radius 3 is 2.88 bits per heavy atom. The summed E-state index contributed by atoms with van der Waals surface area (Å²) in [7, 11) is 0. The van der Waals surface area contributed by atoms with Crippen LogP contribution in [0.5, 0.6) is 0 Å². The van der Waals surface area contributed by atoms with Gasteiger partial charge in [-0.15, -0.1) is 10.2 Å². The molecule has 10 heteroatoms. The molecule has 0 aliphatic carbocycles. The molecule has 0 bridgehead atoms. The zero-order valence-corrected chi connectivity index (χ0v) is 9.61. The number of hydrazine groups is 1. The SMILES string of the molecule is NN(CCCc1nn[nH]n1)C1SC(=O)NC1=O. The van der Waals surface area contributed by atoms with Crippen LogP contribution in [0.25, 0.3) is 0 Å². The molecular formula is C7H11N7O2S. The van der Waals surface area contributed by atoms with Gasteiger partial charge in [0.1, 0.15) is 0 Å². The number of rotatable bonds is 5. The summed E-state index contributed by atoms with van der Waals surface area (Å²) < 4.78 is 0. The van der Waals surface area contributed by atoms with Crippen molar-refractivity contribution >= 4 is 22.9 Å². The van der Waals surface area contributed by atoms with Crippen molar-refractivity contribution in [2.24, 2.45) is 5.84 Å². The molecule has 1 aliphatic rings. The highest BCUT2D eigenvalue weighted by molar-refractivity contribution is 8.15. The average molecular weight is 257 g/mol. The van der Waals surface area contributed by atoms with Crippen molar-refractivity contribution in [3.63, 3.8) is 0 Å². The number of nitrogens with two attached hydrogens (primary N) is 1. The second-order valence-electron chi connectivity index (χ2n) is 3.42. The van der Waals surface area contributed by atoms with Gasteiger partial charge in [0.05, 0.1) is 0 Å². The molecule has 9 nitrogen and oxygen atoms in total. The van der Waals surface area contributed by atoms with E-state index < -0.39 is 5.37 Å². The monoisotopic (exact) mass is 257 g/mol. The van der Waals surface area contributed by atoms with Crippen LogP contribution in [-0.2, 0) is 11.2 Å². The molecule has 92 valence electrons. The largest absolute Gasteiger partial charge is 0.287 e. The fourth-order valence-corrected chi connectivity index (χ4v) is 2.16. The highest BCUT2D eigenvalue weighted by Gasteiger charge is 2.34. The maximum atomic E-state index is 11.3. The van der Waals surface area contributed by atoms with E-state index in [-0.39, 0.29) is 11.1 Å². The number of hydrogen-bond acceptors (Lipinski definition) is 8. The minimum absolute atomic E-state index is 0.367. The summed E-state index contributed by atoms with van der Waals surface area (Å²) in [5.41, 5.74) is 0. The Balaban J connectivity index is 1.75.